The average molecular weight is 449 g/mol. The molecule has 2 saturated carbocycles. The van der Waals surface area contributed by atoms with E-state index in [1.54, 1.807) is 12.4 Å². The third-order valence-corrected chi connectivity index (χ3v) is 5.42. The summed E-state index contributed by atoms with van der Waals surface area (Å²) in [4.78, 5) is 18.2. The molecule has 5 rings (SSSR count). The van der Waals surface area contributed by atoms with Crippen LogP contribution in [0.1, 0.15) is 54.9 Å². The molecule has 0 atom stereocenters. The number of nitrogens with zero attached hydrogens (tertiary/aromatic N) is 5. The zero-order valence-corrected chi connectivity index (χ0v) is 18.1. The van der Waals surface area contributed by atoms with Crippen molar-refractivity contribution in [2.45, 2.75) is 50.0 Å². The minimum absolute atomic E-state index is 0. The molecule has 0 aliphatic heterocycles. The molecule has 160 valence electrons. The first-order chi connectivity index (χ1) is 13.7. The van der Waals surface area contributed by atoms with E-state index in [4.69, 9.17) is 15.7 Å². The number of aromatic nitrogens is 6. The van der Waals surface area contributed by atoms with Crippen LogP contribution < -0.4 is 11.1 Å². The molecule has 0 unspecified atom stereocenters. The number of anilines is 1. The van der Waals surface area contributed by atoms with Gasteiger partial charge in [-0.25, -0.2) is 15.0 Å². The largest absolute Gasteiger partial charge is 0.370 e. The summed E-state index contributed by atoms with van der Waals surface area (Å²) in [5, 5.41) is 10.7. The number of H-pyrrole nitrogens is 1. The Bertz CT molecular complexity index is 954. The number of pyridine rings is 1. The monoisotopic (exact) mass is 448 g/mol. The fourth-order valence-electron chi connectivity index (χ4n) is 3.55. The van der Waals surface area contributed by atoms with Gasteiger partial charge in [0, 0.05) is 60.6 Å². The highest BCUT2D eigenvalue weighted by Crippen LogP contribution is 2.41. The third kappa shape index (κ3) is 5.06. The van der Waals surface area contributed by atoms with Crippen molar-refractivity contribution in [1.82, 2.24) is 30.1 Å². The molecule has 2 aliphatic rings. The zero-order chi connectivity index (χ0) is 18.9. The van der Waals surface area contributed by atoms with E-state index in [9.17, 15) is 0 Å². The number of nitrogens with one attached hydrogen (secondary N) is 2. The van der Waals surface area contributed by atoms with E-state index in [-0.39, 0.29) is 24.8 Å². The van der Waals surface area contributed by atoms with Gasteiger partial charge in [0.1, 0.15) is 17.5 Å². The maximum Gasteiger partial charge on any atom is 0.182 e. The highest BCUT2D eigenvalue weighted by Gasteiger charge is 2.32. The van der Waals surface area contributed by atoms with E-state index in [2.05, 4.69) is 31.5 Å². The third-order valence-electron chi connectivity index (χ3n) is 5.42. The van der Waals surface area contributed by atoms with Crippen molar-refractivity contribution in [3.63, 3.8) is 0 Å². The van der Waals surface area contributed by atoms with Crippen LogP contribution in [-0.4, -0.2) is 42.7 Å². The lowest BCUT2D eigenvalue weighted by Crippen LogP contribution is -2.35. The van der Waals surface area contributed by atoms with Crippen molar-refractivity contribution in [2.75, 3.05) is 11.9 Å². The second kappa shape index (κ2) is 9.68. The van der Waals surface area contributed by atoms with Crippen molar-refractivity contribution >= 4 is 30.6 Å². The number of halogens is 2. The summed E-state index contributed by atoms with van der Waals surface area (Å²) in [5.41, 5.74) is 8.01. The lowest BCUT2D eigenvalue weighted by molar-refractivity contribution is 0.344. The van der Waals surface area contributed by atoms with Crippen molar-refractivity contribution in [2.24, 2.45) is 5.73 Å². The molecule has 3 aromatic heterocycles. The van der Waals surface area contributed by atoms with Crippen LogP contribution in [0.3, 0.4) is 0 Å². The van der Waals surface area contributed by atoms with E-state index in [1.165, 1.54) is 12.8 Å². The van der Waals surface area contributed by atoms with Gasteiger partial charge in [-0.2, -0.15) is 5.10 Å². The topological polar surface area (TPSA) is 118 Å². The Morgan fingerprint density at radius 1 is 1.10 bits per heavy atom. The summed E-state index contributed by atoms with van der Waals surface area (Å²) in [6.45, 7) is 0.729. The molecule has 0 spiro atoms. The Morgan fingerprint density at radius 2 is 1.93 bits per heavy atom. The summed E-state index contributed by atoms with van der Waals surface area (Å²) in [5.74, 6) is 4.41. The molecule has 4 N–H and O–H groups in total. The fourth-order valence-corrected chi connectivity index (χ4v) is 3.55. The molecule has 0 amide bonds. The Kier molecular flexibility index (Phi) is 7.23. The molecule has 2 fully saturated rings. The molecule has 10 heteroatoms. The van der Waals surface area contributed by atoms with Crippen LogP contribution in [-0.2, 0) is 6.42 Å². The van der Waals surface area contributed by atoms with Crippen LogP contribution in [0.15, 0.2) is 30.6 Å². The van der Waals surface area contributed by atoms with Gasteiger partial charge in [-0.3, -0.25) is 10.1 Å². The molecule has 0 bridgehead atoms. The van der Waals surface area contributed by atoms with E-state index < -0.39 is 0 Å². The summed E-state index contributed by atoms with van der Waals surface area (Å²) < 4.78 is 0. The van der Waals surface area contributed by atoms with Crippen LogP contribution in [0.4, 0.5) is 5.82 Å². The van der Waals surface area contributed by atoms with Crippen molar-refractivity contribution in [1.29, 1.82) is 0 Å². The first-order valence-electron chi connectivity index (χ1n) is 9.94. The number of rotatable bonds is 7. The van der Waals surface area contributed by atoms with Gasteiger partial charge in [-0.1, -0.05) is 0 Å². The van der Waals surface area contributed by atoms with Gasteiger partial charge in [0.05, 0.1) is 0 Å². The number of hydrogen-bond donors (Lipinski definition) is 3. The minimum Gasteiger partial charge on any atom is -0.370 e. The normalized spacial score (nSPS) is 19.9. The Morgan fingerprint density at radius 3 is 2.63 bits per heavy atom. The van der Waals surface area contributed by atoms with Crippen LogP contribution in [0.5, 0.6) is 0 Å². The van der Waals surface area contributed by atoms with Crippen molar-refractivity contribution < 1.29 is 0 Å². The van der Waals surface area contributed by atoms with Crippen LogP contribution in [0.2, 0.25) is 0 Å². The fraction of sp³-hybridized carbons (Fsp3) is 0.450. The number of aromatic amines is 1. The SMILES string of the molecule is Cl.Cl.NC1CC(c2cc(NCCc3nc(-c4cccnc4)n[nH]3)nc(C3CC3)n2)C1. The first-order valence-corrected chi connectivity index (χ1v) is 9.94. The average Bonchev–Trinajstić information content (AvgIpc) is 3.45. The molecule has 0 saturated heterocycles. The van der Waals surface area contributed by atoms with E-state index in [1.807, 2.05) is 12.1 Å². The summed E-state index contributed by atoms with van der Waals surface area (Å²) in [7, 11) is 0. The van der Waals surface area contributed by atoms with Gasteiger partial charge in [-0.15, -0.1) is 24.8 Å². The van der Waals surface area contributed by atoms with Gasteiger partial charge in [0.2, 0.25) is 0 Å². The molecule has 8 nitrogen and oxygen atoms in total. The quantitative estimate of drug-likeness (QED) is 0.507. The summed E-state index contributed by atoms with van der Waals surface area (Å²) in [6.07, 6.45) is 8.68. The van der Waals surface area contributed by atoms with E-state index in [0.717, 1.165) is 54.5 Å². The van der Waals surface area contributed by atoms with E-state index in [0.29, 0.717) is 23.7 Å². The summed E-state index contributed by atoms with van der Waals surface area (Å²) in [6, 6.07) is 6.24. The molecule has 30 heavy (non-hydrogen) atoms. The molecule has 0 aromatic carbocycles. The predicted octanol–water partition coefficient (Wildman–Crippen LogP) is 3.24. The Hall–Kier alpha value is -2.29. The second-order valence-electron chi connectivity index (χ2n) is 7.76. The standard InChI is InChI=1S/C20H24N8.2ClH/c21-15-8-14(9-15)16-10-18(26-19(24-16)12-3-4-12)23-7-5-17-25-20(28-27-17)13-2-1-6-22-11-13;;/h1-2,6,10-12,14-15H,3-5,7-9,21H2,(H,23,24,26)(H,25,27,28);2*1H. The molecular weight excluding hydrogens is 423 g/mol. The van der Waals surface area contributed by atoms with Gasteiger partial charge in [0.15, 0.2) is 5.82 Å². The van der Waals surface area contributed by atoms with Crippen molar-refractivity contribution in [3.05, 3.63) is 47.9 Å². The molecule has 0 radical (unpaired) electrons. The molecule has 3 heterocycles. The smallest absolute Gasteiger partial charge is 0.182 e. The lowest BCUT2D eigenvalue weighted by Gasteiger charge is -2.32. The Labute approximate surface area is 187 Å². The molecule has 2 aliphatic carbocycles. The first kappa shape index (κ1) is 22.4. The lowest BCUT2D eigenvalue weighted by atomic mass is 9.78. The highest BCUT2D eigenvalue weighted by molar-refractivity contribution is 5.85. The maximum atomic E-state index is 5.96. The predicted molar refractivity (Wildman–Crippen MR) is 120 cm³/mol. The van der Waals surface area contributed by atoms with Crippen LogP contribution in [0.25, 0.3) is 11.4 Å². The van der Waals surface area contributed by atoms with Crippen LogP contribution in [0, 0.1) is 0 Å². The van der Waals surface area contributed by atoms with E-state index >= 15 is 0 Å². The zero-order valence-electron chi connectivity index (χ0n) is 16.5. The van der Waals surface area contributed by atoms with Crippen molar-refractivity contribution in [3.8, 4) is 11.4 Å². The maximum absolute atomic E-state index is 5.96. The van der Waals surface area contributed by atoms with Crippen LogP contribution >= 0.6 is 24.8 Å². The van der Waals surface area contributed by atoms with Gasteiger partial charge in [0.25, 0.3) is 0 Å². The number of nitrogens with two attached hydrogens (primary N) is 1. The number of hydrogen-bond acceptors (Lipinski definition) is 7. The molecule has 3 aromatic rings. The molecular formula is C20H26Cl2N8. The van der Waals surface area contributed by atoms with Gasteiger partial charge < -0.3 is 11.1 Å². The van der Waals surface area contributed by atoms with Gasteiger partial charge in [-0.05, 0) is 37.8 Å². The minimum atomic E-state index is 0. The summed E-state index contributed by atoms with van der Waals surface area (Å²) >= 11 is 0. The Balaban J connectivity index is 0.00000128. The highest BCUT2D eigenvalue weighted by atomic mass is 35.5. The second-order valence-corrected chi connectivity index (χ2v) is 7.76. The van der Waals surface area contributed by atoms with Gasteiger partial charge >= 0.3 is 0 Å².